The van der Waals surface area contributed by atoms with Gasteiger partial charge in [0.1, 0.15) is 0 Å². The smallest absolute Gasteiger partial charge is 1.00 e. The van der Waals surface area contributed by atoms with E-state index < -0.39 is 23.5 Å². The van der Waals surface area contributed by atoms with Gasteiger partial charge in [-0.15, -0.1) is 0 Å². The number of ether oxygens (including phenoxy) is 2. The Morgan fingerprint density at radius 3 is 1.23 bits per heavy atom. The van der Waals surface area contributed by atoms with E-state index in [4.69, 9.17) is 9.47 Å². The van der Waals surface area contributed by atoms with Crippen molar-refractivity contribution in [2.45, 2.75) is 66.2 Å². The van der Waals surface area contributed by atoms with Gasteiger partial charge in [0.25, 0.3) is 0 Å². The standard InChI is InChI=1S/2C10H14N.2C4H8O.2BrH.Hf/c2*1-3-8-11-10-7-5-4-6-9(10)2;2*1-2-4-5-3-1;;;/h2*4-7H,3,8H2,1-2H3;2*1-4H2;2*1H;/q2*-1;;;;;+4/p-2. The zero-order valence-electron chi connectivity index (χ0n) is 22.1. The fourth-order valence-corrected chi connectivity index (χ4v) is 9.74. The molecule has 2 saturated heterocycles. The van der Waals surface area contributed by atoms with E-state index in [9.17, 15) is 0 Å². The van der Waals surface area contributed by atoms with Crippen LogP contribution >= 0.6 is 0 Å². The van der Waals surface area contributed by atoms with E-state index in [1.807, 2.05) is 0 Å². The number of hydrogen-bond donors (Lipinski definition) is 0. The molecule has 35 heavy (non-hydrogen) atoms. The maximum Gasteiger partial charge on any atom is -1.00 e. The Morgan fingerprint density at radius 1 is 0.629 bits per heavy atom. The number of benzene rings is 2. The van der Waals surface area contributed by atoms with E-state index in [0.29, 0.717) is 0 Å². The normalized spacial score (nSPS) is 13.6. The van der Waals surface area contributed by atoms with Gasteiger partial charge in [0.05, 0.1) is 0 Å². The summed E-state index contributed by atoms with van der Waals surface area (Å²) in [5, 5.41) is 0. The largest absolute Gasteiger partial charge is 1.00 e. The molecule has 4 nitrogen and oxygen atoms in total. The summed E-state index contributed by atoms with van der Waals surface area (Å²) in [6.07, 6.45) is 7.52. The Bertz CT molecular complexity index is 695. The van der Waals surface area contributed by atoms with Crippen LogP contribution in [0, 0.1) is 13.8 Å². The quantitative estimate of drug-likeness (QED) is 0.374. The SMILES string of the molecule is C1CCOC1.C1CCOC1.CCC[N]([Hf+2][N](CCC)c1ccccc1C)c1ccccc1C.[Br-].[Br-]. The van der Waals surface area contributed by atoms with Crippen molar-refractivity contribution in [2.24, 2.45) is 0 Å². The van der Waals surface area contributed by atoms with Gasteiger partial charge < -0.3 is 43.4 Å². The topological polar surface area (TPSA) is 24.9 Å². The molecule has 0 radical (unpaired) electrons. The first kappa shape index (κ1) is 34.8. The molecule has 2 aliphatic rings. The Morgan fingerprint density at radius 2 is 0.971 bits per heavy atom. The van der Waals surface area contributed by atoms with Crippen LogP contribution in [0.3, 0.4) is 0 Å². The summed E-state index contributed by atoms with van der Waals surface area (Å²) in [7, 11) is 0. The van der Waals surface area contributed by atoms with Crippen molar-refractivity contribution in [1.29, 1.82) is 0 Å². The maximum atomic E-state index is 4.94. The molecule has 0 amide bonds. The van der Waals surface area contributed by atoms with Gasteiger partial charge in [-0.2, -0.15) is 0 Å². The van der Waals surface area contributed by atoms with Crippen LogP contribution in [-0.4, -0.2) is 39.5 Å². The van der Waals surface area contributed by atoms with Crippen LogP contribution in [-0.2, 0) is 33.0 Å². The number of hydrogen-bond acceptors (Lipinski definition) is 4. The van der Waals surface area contributed by atoms with E-state index in [1.54, 1.807) is 0 Å². The summed E-state index contributed by atoms with van der Waals surface area (Å²) in [5.41, 5.74) is 5.67. The first-order valence-corrected chi connectivity index (χ1v) is 16.0. The number of para-hydroxylation sites is 2. The molecule has 2 aromatic carbocycles. The molecule has 0 bridgehead atoms. The Kier molecular flexibility index (Phi) is 21.7. The number of anilines is 2. The van der Waals surface area contributed by atoms with Gasteiger partial charge in [-0.25, -0.2) is 0 Å². The van der Waals surface area contributed by atoms with Crippen LogP contribution in [0.1, 0.15) is 63.5 Å². The Hall–Kier alpha value is -0.210. The second-order valence-electron chi connectivity index (χ2n) is 8.62. The van der Waals surface area contributed by atoms with Gasteiger partial charge in [-0.05, 0) is 25.7 Å². The predicted molar refractivity (Wildman–Crippen MR) is 138 cm³/mol. The molecule has 2 aliphatic heterocycles. The molecule has 0 saturated carbocycles. The molecule has 0 unspecified atom stereocenters. The third-order valence-electron chi connectivity index (χ3n) is 5.60. The molecule has 2 fully saturated rings. The van der Waals surface area contributed by atoms with Crippen LogP contribution in [0.15, 0.2) is 48.5 Å². The number of nitrogens with zero attached hydrogens (tertiary/aromatic N) is 2. The molecule has 4 rings (SSSR count). The van der Waals surface area contributed by atoms with Gasteiger partial charge in [0.15, 0.2) is 0 Å². The summed E-state index contributed by atoms with van der Waals surface area (Å²) in [4.78, 5) is 0. The van der Waals surface area contributed by atoms with Gasteiger partial charge >= 0.3 is 154 Å². The van der Waals surface area contributed by atoms with Crippen LogP contribution in [0.4, 0.5) is 11.4 Å². The van der Waals surface area contributed by atoms with Crippen LogP contribution < -0.4 is 39.7 Å². The summed E-state index contributed by atoms with van der Waals surface area (Å²) in [6, 6.07) is 17.7. The molecule has 7 heteroatoms. The van der Waals surface area contributed by atoms with E-state index in [2.05, 4.69) is 82.0 Å². The molecule has 0 atom stereocenters. The molecule has 2 aromatic rings. The third kappa shape index (κ3) is 13.8. The van der Waals surface area contributed by atoms with Crippen molar-refractivity contribution in [1.82, 2.24) is 0 Å². The van der Waals surface area contributed by atoms with Gasteiger partial charge in [0.2, 0.25) is 0 Å². The van der Waals surface area contributed by atoms with Gasteiger partial charge in [-0.1, -0.05) is 0 Å². The number of rotatable bonds is 8. The summed E-state index contributed by atoms with van der Waals surface area (Å²) >= 11 is -1.15. The van der Waals surface area contributed by atoms with Crippen molar-refractivity contribution < 1.29 is 66.9 Å². The molecule has 0 spiro atoms. The minimum Gasteiger partial charge on any atom is -1.00 e. The number of halogens is 2. The molecule has 196 valence electrons. The van der Waals surface area contributed by atoms with Gasteiger partial charge in [-0.3, -0.25) is 0 Å². The molecular weight excluding hydrogens is 735 g/mol. The van der Waals surface area contributed by atoms with Gasteiger partial charge in [0, 0.05) is 26.4 Å². The average Bonchev–Trinajstić information content (AvgIpc) is 3.59. The first-order chi connectivity index (χ1) is 16.2. The molecule has 0 N–H and O–H groups in total. The van der Waals surface area contributed by atoms with E-state index in [-0.39, 0.29) is 34.0 Å². The zero-order chi connectivity index (χ0) is 23.7. The Balaban J connectivity index is 0.000000793. The van der Waals surface area contributed by atoms with Crippen molar-refractivity contribution in [3.05, 3.63) is 59.7 Å². The molecular formula is C28H44Br2HfN2O2. The average molecular weight is 779 g/mol. The summed E-state index contributed by atoms with van der Waals surface area (Å²) < 4.78 is 15.3. The van der Waals surface area contributed by atoms with E-state index >= 15 is 0 Å². The second-order valence-corrected chi connectivity index (χ2v) is 13.2. The zero-order valence-corrected chi connectivity index (χ0v) is 28.8. The van der Waals surface area contributed by atoms with Crippen LogP contribution in [0.2, 0.25) is 0 Å². The molecule has 0 aromatic heterocycles. The Labute approximate surface area is 247 Å². The monoisotopic (exact) mass is 778 g/mol. The number of aryl methyl sites for hydroxylation is 2. The second kappa shape index (κ2) is 21.8. The van der Waals surface area contributed by atoms with Crippen molar-refractivity contribution in [3.8, 4) is 0 Å². The predicted octanol–water partition coefficient (Wildman–Crippen LogP) is 0.951. The van der Waals surface area contributed by atoms with Crippen molar-refractivity contribution in [3.63, 3.8) is 0 Å². The van der Waals surface area contributed by atoms with Crippen molar-refractivity contribution in [2.75, 3.05) is 45.3 Å². The maximum absolute atomic E-state index is 4.94. The molecule has 2 heterocycles. The molecule has 0 aliphatic carbocycles. The summed E-state index contributed by atoms with van der Waals surface area (Å²) in [5.74, 6) is 0. The minimum atomic E-state index is -1.15. The fourth-order valence-electron chi connectivity index (χ4n) is 3.79. The fraction of sp³-hybridized carbons (Fsp3) is 0.571. The third-order valence-corrected chi connectivity index (χ3v) is 10.7. The van der Waals surface area contributed by atoms with E-state index in [1.165, 1.54) is 74.1 Å². The van der Waals surface area contributed by atoms with Crippen LogP contribution in [0.5, 0.6) is 0 Å². The van der Waals surface area contributed by atoms with Crippen LogP contribution in [0.25, 0.3) is 0 Å². The summed E-state index contributed by atoms with van der Waals surface area (Å²) in [6.45, 7) is 15.4. The first-order valence-electron chi connectivity index (χ1n) is 12.8. The van der Waals surface area contributed by atoms with E-state index in [0.717, 1.165) is 26.4 Å². The minimum absolute atomic E-state index is 0. The van der Waals surface area contributed by atoms with Crippen molar-refractivity contribution >= 4 is 11.4 Å².